The van der Waals surface area contributed by atoms with Crippen molar-refractivity contribution in [2.75, 3.05) is 13.2 Å². The predicted molar refractivity (Wildman–Crippen MR) is 59.4 cm³/mol. The Morgan fingerprint density at radius 1 is 1.53 bits per heavy atom. The van der Waals surface area contributed by atoms with E-state index in [0.717, 1.165) is 19.4 Å². The highest BCUT2D eigenvalue weighted by Gasteiger charge is 2.19. The van der Waals surface area contributed by atoms with Crippen LogP contribution < -0.4 is 11.1 Å². The molecule has 1 rings (SSSR count). The summed E-state index contributed by atoms with van der Waals surface area (Å²) in [6.45, 7) is 5.14. The molecule has 0 aromatic carbocycles. The number of rotatable bonds is 4. The van der Waals surface area contributed by atoms with E-state index in [-0.39, 0.29) is 24.0 Å². The number of ether oxygens (including phenoxy) is 1. The van der Waals surface area contributed by atoms with E-state index in [1.165, 1.54) is 6.42 Å². The van der Waals surface area contributed by atoms with Crippen LogP contribution in [0.25, 0.3) is 0 Å². The molecule has 3 unspecified atom stereocenters. The van der Waals surface area contributed by atoms with Crippen molar-refractivity contribution < 1.29 is 9.53 Å². The second kappa shape index (κ2) is 6.08. The van der Waals surface area contributed by atoms with Crippen molar-refractivity contribution in [2.24, 2.45) is 11.7 Å². The molecular formula is C11H22N2O2. The Kier molecular flexibility index (Phi) is 5.05. The third-order valence-corrected chi connectivity index (χ3v) is 2.98. The van der Waals surface area contributed by atoms with Gasteiger partial charge in [-0.3, -0.25) is 4.79 Å². The molecule has 3 atom stereocenters. The van der Waals surface area contributed by atoms with E-state index >= 15 is 0 Å². The van der Waals surface area contributed by atoms with E-state index in [1.54, 1.807) is 0 Å². The Balaban J connectivity index is 2.20. The van der Waals surface area contributed by atoms with E-state index in [9.17, 15) is 4.79 Å². The topological polar surface area (TPSA) is 64.4 Å². The second-order valence-electron chi connectivity index (χ2n) is 4.38. The van der Waals surface area contributed by atoms with Crippen LogP contribution in [0.4, 0.5) is 0 Å². The fourth-order valence-corrected chi connectivity index (χ4v) is 1.58. The summed E-state index contributed by atoms with van der Waals surface area (Å²) in [7, 11) is 0. The molecule has 0 spiro atoms. The molecule has 1 amide bonds. The van der Waals surface area contributed by atoms with E-state index in [1.807, 2.05) is 13.8 Å². The van der Waals surface area contributed by atoms with Crippen molar-refractivity contribution in [3.05, 3.63) is 0 Å². The average molecular weight is 214 g/mol. The number of amides is 1. The lowest BCUT2D eigenvalue weighted by molar-refractivity contribution is -0.125. The number of hydrogen-bond donors (Lipinski definition) is 2. The zero-order valence-corrected chi connectivity index (χ0v) is 9.66. The number of hydrogen-bond acceptors (Lipinski definition) is 3. The molecule has 0 aromatic rings. The molecule has 88 valence electrons. The molecule has 0 radical (unpaired) electrons. The van der Waals surface area contributed by atoms with Gasteiger partial charge in [-0.1, -0.05) is 6.92 Å². The van der Waals surface area contributed by atoms with Gasteiger partial charge in [0.05, 0.1) is 6.10 Å². The van der Waals surface area contributed by atoms with Crippen molar-refractivity contribution in [1.82, 2.24) is 5.32 Å². The first-order chi connectivity index (χ1) is 7.11. The average Bonchev–Trinajstić information content (AvgIpc) is 2.26. The van der Waals surface area contributed by atoms with Gasteiger partial charge in [0.25, 0.3) is 0 Å². The van der Waals surface area contributed by atoms with Crippen LogP contribution in [-0.4, -0.2) is 31.2 Å². The zero-order chi connectivity index (χ0) is 11.3. The van der Waals surface area contributed by atoms with Gasteiger partial charge in [-0.05, 0) is 26.2 Å². The van der Waals surface area contributed by atoms with Gasteiger partial charge in [0.15, 0.2) is 0 Å². The van der Waals surface area contributed by atoms with Gasteiger partial charge in [-0.25, -0.2) is 0 Å². The first kappa shape index (κ1) is 12.5. The Hall–Kier alpha value is -0.610. The van der Waals surface area contributed by atoms with Gasteiger partial charge in [-0.2, -0.15) is 0 Å². The van der Waals surface area contributed by atoms with Crippen molar-refractivity contribution in [1.29, 1.82) is 0 Å². The predicted octanol–water partition coefficient (Wildman–Crippen LogP) is 0.655. The number of nitrogens with one attached hydrogen (secondary N) is 1. The minimum Gasteiger partial charge on any atom is -0.376 e. The molecule has 1 fully saturated rings. The third-order valence-electron chi connectivity index (χ3n) is 2.98. The van der Waals surface area contributed by atoms with E-state index in [2.05, 4.69) is 5.32 Å². The van der Waals surface area contributed by atoms with E-state index < -0.39 is 0 Å². The van der Waals surface area contributed by atoms with Crippen molar-refractivity contribution >= 4 is 5.91 Å². The largest absolute Gasteiger partial charge is 0.376 e. The normalized spacial score (nSPS) is 25.7. The maximum Gasteiger partial charge on any atom is 0.224 e. The summed E-state index contributed by atoms with van der Waals surface area (Å²) in [6, 6.07) is -0.0997. The number of carbonyl (C=O) groups is 1. The molecule has 1 aliphatic rings. The highest BCUT2D eigenvalue weighted by atomic mass is 16.5. The maximum atomic E-state index is 11.6. The first-order valence-corrected chi connectivity index (χ1v) is 5.76. The van der Waals surface area contributed by atoms with Gasteiger partial charge in [0.1, 0.15) is 0 Å². The van der Waals surface area contributed by atoms with E-state index in [4.69, 9.17) is 10.5 Å². The molecule has 4 nitrogen and oxygen atoms in total. The summed E-state index contributed by atoms with van der Waals surface area (Å²) in [5, 5.41) is 2.89. The highest BCUT2D eigenvalue weighted by Crippen LogP contribution is 2.11. The summed E-state index contributed by atoms with van der Waals surface area (Å²) >= 11 is 0. The number of carbonyl (C=O) groups excluding carboxylic acids is 1. The molecule has 3 N–H and O–H groups in total. The Morgan fingerprint density at radius 2 is 2.27 bits per heavy atom. The molecule has 1 heterocycles. The quantitative estimate of drug-likeness (QED) is 0.722. The van der Waals surface area contributed by atoms with Crippen LogP contribution in [0, 0.1) is 5.92 Å². The van der Waals surface area contributed by atoms with Crippen LogP contribution in [0.3, 0.4) is 0 Å². The summed E-state index contributed by atoms with van der Waals surface area (Å²) < 4.78 is 5.52. The van der Waals surface area contributed by atoms with Crippen LogP contribution in [0.5, 0.6) is 0 Å². The van der Waals surface area contributed by atoms with Crippen LogP contribution in [0.15, 0.2) is 0 Å². The van der Waals surface area contributed by atoms with Gasteiger partial charge >= 0.3 is 0 Å². The standard InChI is InChI=1S/C11H22N2O2/c1-8(9(2)12)11(14)13-7-10-5-3-4-6-15-10/h8-10H,3-7,12H2,1-2H3,(H,13,14). The fourth-order valence-electron chi connectivity index (χ4n) is 1.58. The molecule has 4 heteroatoms. The number of nitrogens with two attached hydrogens (primary N) is 1. The van der Waals surface area contributed by atoms with Crippen molar-refractivity contribution in [2.45, 2.75) is 45.3 Å². The molecule has 0 aromatic heterocycles. The summed E-state index contributed by atoms with van der Waals surface area (Å²) in [5.41, 5.74) is 5.65. The molecule has 0 saturated carbocycles. The smallest absolute Gasteiger partial charge is 0.224 e. The SMILES string of the molecule is CC(N)C(C)C(=O)NCC1CCCCO1. The minimum atomic E-state index is -0.131. The van der Waals surface area contributed by atoms with Gasteiger partial charge < -0.3 is 15.8 Å². The van der Waals surface area contributed by atoms with Gasteiger partial charge in [0, 0.05) is 25.1 Å². The van der Waals surface area contributed by atoms with Crippen LogP contribution in [0.1, 0.15) is 33.1 Å². The minimum absolute atomic E-state index is 0.0270. The maximum absolute atomic E-state index is 11.6. The Labute approximate surface area is 91.5 Å². The summed E-state index contributed by atoms with van der Waals surface area (Å²) in [6.07, 6.45) is 3.58. The second-order valence-corrected chi connectivity index (χ2v) is 4.38. The van der Waals surface area contributed by atoms with Crippen LogP contribution >= 0.6 is 0 Å². The van der Waals surface area contributed by atoms with E-state index in [0.29, 0.717) is 6.54 Å². The lowest BCUT2D eigenvalue weighted by atomic mass is 10.0. The van der Waals surface area contributed by atoms with Crippen LogP contribution in [-0.2, 0) is 9.53 Å². The Morgan fingerprint density at radius 3 is 2.80 bits per heavy atom. The molecule has 0 bridgehead atoms. The summed E-state index contributed by atoms with van der Waals surface area (Å²) in [5.74, 6) is -0.104. The van der Waals surface area contributed by atoms with Crippen molar-refractivity contribution in [3.8, 4) is 0 Å². The molecule has 0 aliphatic carbocycles. The lowest BCUT2D eigenvalue weighted by Gasteiger charge is -2.24. The molecule has 15 heavy (non-hydrogen) atoms. The van der Waals surface area contributed by atoms with Crippen LogP contribution in [0.2, 0.25) is 0 Å². The first-order valence-electron chi connectivity index (χ1n) is 5.76. The zero-order valence-electron chi connectivity index (χ0n) is 9.66. The highest BCUT2D eigenvalue weighted by molar-refractivity contribution is 5.78. The van der Waals surface area contributed by atoms with Gasteiger partial charge in [0.2, 0.25) is 5.91 Å². The molecule has 1 saturated heterocycles. The molecular weight excluding hydrogens is 192 g/mol. The fraction of sp³-hybridized carbons (Fsp3) is 0.909. The monoisotopic (exact) mass is 214 g/mol. The van der Waals surface area contributed by atoms with Gasteiger partial charge in [-0.15, -0.1) is 0 Å². The summed E-state index contributed by atoms with van der Waals surface area (Å²) in [4.78, 5) is 11.6. The Bertz CT molecular complexity index is 201. The lowest BCUT2D eigenvalue weighted by Crippen LogP contribution is -2.42. The van der Waals surface area contributed by atoms with Crippen molar-refractivity contribution in [3.63, 3.8) is 0 Å². The molecule has 1 aliphatic heterocycles. The third kappa shape index (κ3) is 4.18.